The van der Waals surface area contributed by atoms with Gasteiger partial charge in [-0.05, 0) is 43.8 Å². The van der Waals surface area contributed by atoms with Gasteiger partial charge < -0.3 is 4.81 Å². The summed E-state index contributed by atoms with van der Waals surface area (Å²) < 4.78 is 2.17. The van der Waals surface area contributed by atoms with Crippen molar-refractivity contribution in [3.05, 3.63) is 53.3 Å². The van der Waals surface area contributed by atoms with Crippen molar-refractivity contribution in [1.82, 2.24) is 9.79 Å². The summed E-state index contributed by atoms with van der Waals surface area (Å²) in [7, 11) is 4.21. The van der Waals surface area contributed by atoms with Gasteiger partial charge in [0, 0.05) is 17.5 Å². The minimum atomic E-state index is 0.244. The first-order valence-corrected chi connectivity index (χ1v) is 6.48. The number of hydrogen-bond donors (Lipinski definition) is 0. The second kappa shape index (κ2) is 4.54. The molecule has 0 bridgehead atoms. The SMILES string of the molecule is CC1=c2ncccc2=CN(C)B1c1cccc[n+]1C. The van der Waals surface area contributed by atoms with E-state index in [1.165, 1.54) is 16.3 Å². The lowest BCUT2D eigenvalue weighted by Crippen LogP contribution is -2.62. The number of fused-ring (bicyclic) bond motifs is 1. The van der Waals surface area contributed by atoms with Gasteiger partial charge in [0.25, 0.3) is 0 Å². The van der Waals surface area contributed by atoms with E-state index in [9.17, 15) is 0 Å². The molecule has 3 nitrogen and oxygen atoms in total. The molecule has 0 spiro atoms. The van der Waals surface area contributed by atoms with Gasteiger partial charge in [0.15, 0.2) is 11.8 Å². The normalized spacial score (nSPS) is 14.2. The smallest absolute Gasteiger partial charge is 0.401 e. The lowest BCUT2D eigenvalue weighted by Gasteiger charge is -2.25. The molecule has 3 rings (SSSR count). The number of aryl methyl sites for hydroxylation is 1. The van der Waals surface area contributed by atoms with Crippen molar-refractivity contribution in [2.75, 3.05) is 7.05 Å². The predicted octanol–water partition coefficient (Wildman–Crippen LogP) is -0.802. The van der Waals surface area contributed by atoms with E-state index in [0.29, 0.717) is 0 Å². The second-order valence-electron chi connectivity index (χ2n) is 5.06. The first kappa shape index (κ1) is 12.0. The maximum Gasteiger partial charge on any atom is 0.401 e. The van der Waals surface area contributed by atoms with Crippen LogP contribution in [-0.4, -0.2) is 23.7 Å². The molecule has 0 aromatic carbocycles. The van der Waals surface area contributed by atoms with Crippen molar-refractivity contribution in [2.45, 2.75) is 6.92 Å². The van der Waals surface area contributed by atoms with Crippen LogP contribution in [0.15, 0.2) is 42.7 Å². The van der Waals surface area contributed by atoms with Crippen molar-refractivity contribution < 1.29 is 4.57 Å². The van der Waals surface area contributed by atoms with Gasteiger partial charge in [0.2, 0.25) is 0 Å². The third kappa shape index (κ3) is 1.93. The van der Waals surface area contributed by atoms with Gasteiger partial charge in [-0.3, -0.25) is 4.98 Å². The molecule has 0 unspecified atom stereocenters. The monoisotopic (exact) mass is 250 g/mol. The Morgan fingerprint density at radius 3 is 2.84 bits per heavy atom. The molecular formula is C15H17BN3+. The van der Waals surface area contributed by atoms with Crippen LogP contribution in [0.25, 0.3) is 11.7 Å². The van der Waals surface area contributed by atoms with Gasteiger partial charge in [0.05, 0.1) is 5.35 Å². The van der Waals surface area contributed by atoms with Crippen LogP contribution >= 0.6 is 0 Å². The zero-order valence-corrected chi connectivity index (χ0v) is 11.5. The van der Waals surface area contributed by atoms with E-state index in [4.69, 9.17) is 0 Å². The number of aromatic nitrogens is 2. The molecule has 0 aliphatic carbocycles. The molecule has 4 heteroatoms. The molecule has 0 saturated heterocycles. The molecule has 0 atom stereocenters. The molecule has 1 aliphatic rings. The third-order valence-electron chi connectivity index (χ3n) is 3.75. The molecule has 94 valence electrons. The Morgan fingerprint density at radius 1 is 1.21 bits per heavy atom. The summed E-state index contributed by atoms with van der Waals surface area (Å²) in [6, 6.07) is 10.4. The maximum absolute atomic E-state index is 4.54. The standard InChI is InChI=1S/C15H17BN3/c1-12-15-13(7-6-9-17-15)11-19(3)16(12)14-8-4-5-10-18(14)2/h4-11H,1-3H3/q+1. The lowest BCUT2D eigenvalue weighted by atomic mass is 9.50. The Morgan fingerprint density at radius 2 is 2.05 bits per heavy atom. The van der Waals surface area contributed by atoms with Crippen molar-refractivity contribution in [3.63, 3.8) is 0 Å². The van der Waals surface area contributed by atoms with Gasteiger partial charge in [-0.25, -0.2) is 4.57 Å². The number of rotatable bonds is 1. The van der Waals surface area contributed by atoms with Crippen LogP contribution < -0.4 is 20.7 Å². The van der Waals surface area contributed by atoms with Crippen molar-refractivity contribution in [2.24, 2.45) is 7.05 Å². The predicted molar refractivity (Wildman–Crippen MR) is 77.8 cm³/mol. The molecule has 19 heavy (non-hydrogen) atoms. The topological polar surface area (TPSA) is 20.0 Å². The highest BCUT2D eigenvalue weighted by atomic mass is 15.0. The highest BCUT2D eigenvalue weighted by Crippen LogP contribution is 2.05. The lowest BCUT2D eigenvalue weighted by molar-refractivity contribution is -0.654. The van der Waals surface area contributed by atoms with E-state index in [2.05, 4.69) is 72.0 Å². The summed E-state index contributed by atoms with van der Waals surface area (Å²) in [4.78, 5) is 6.79. The van der Waals surface area contributed by atoms with Crippen molar-refractivity contribution in [3.8, 4) is 0 Å². The zero-order chi connectivity index (χ0) is 13.4. The van der Waals surface area contributed by atoms with E-state index in [0.717, 1.165) is 5.35 Å². The van der Waals surface area contributed by atoms with E-state index in [-0.39, 0.29) is 6.85 Å². The fraction of sp³-hybridized carbons (Fsp3) is 0.200. The Balaban J connectivity index is 2.25. The van der Waals surface area contributed by atoms with Crippen LogP contribution in [-0.2, 0) is 7.05 Å². The fourth-order valence-corrected chi connectivity index (χ4v) is 2.83. The average molecular weight is 250 g/mol. The van der Waals surface area contributed by atoms with Crippen LogP contribution in [0.2, 0.25) is 0 Å². The molecule has 2 aromatic rings. The number of pyridine rings is 2. The van der Waals surface area contributed by atoms with Gasteiger partial charge in [-0.2, -0.15) is 0 Å². The number of nitrogens with zero attached hydrogens (tertiary/aromatic N) is 3. The minimum absolute atomic E-state index is 0.244. The molecule has 3 heterocycles. The van der Waals surface area contributed by atoms with Crippen molar-refractivity contribution >= 4 is 24.1 Å². The first-order chi connectivity index (χ1) is 9.18. The summed E-state index contributed by atoms with van der Waals surface area (Å²) in [5, 5.41) is 2.30. The summed E-state index contributed by atoms with van der Waals surface area (Å²) in [6.45, 7) is 2.42. The van der Waals surface area contributed by atoms with Crippen LogP contribution in [0.4, 0.5) is 0 Å². The Labute approximate surface area is 113 Å². The molecule has 0 saturated carbocycles. The van der Waals surface area contributed by atoms with Gasteiger partial charge in [-0.1, -0.05) is 6.07 Å². The van der Waals surface area contributed by atoms with Gasteiger partial charge >= 0.3 is 6.85 Å². The summed E-state index contributed by atoms with van der Waals surface area (Å²) >= 11 is 0. The van der Waals surface area contributed by atoms with Crippen LogP contribution in [0.1, 0.15) is 6.92 Å². The van der Waals surface area contributed by atoms with Crippen molar-refractivity contribution in [1.29, 1.82) is 0 Å². The highest BCUT2D eigenvalue weighted by molar-refractivity contribution is 6.85. The molecular weight excluding hydrogens is 233 g/mol. The fourth-order valence-electron chi connectivity index (χ4n) is 2.83. The molecule has 1 aliphatic heterocycles. The summed E-state index contributed by atoms with van der Waals surface area (Å²) in [5.41, 5.74) is 2.57. The highest BCUT2D eigenvalue weighted by Gasteiger charge is 2.33. The van der Waals surface area contributed by atoms with E-state index < -0.39 is 0 Å². The van der Waals surface area contributed by atoms with Crippen LogP contribution in [0, 0.1) is 0 Å². The van der Waals surface area contributed by atoms with Crippen LogP contribution in [0.3, 0.4) is 0 Å². The first-order valence-electron chi connectivity index (χ1n) is 6.48. The molecule has 2 aromatic heterocycles. The Kier molecular flexibility index (Phi) is 2.86. The molecule has 0 N–H and O–H groups in total. The molecule has 0 radical (unpaired) electrons. The second-order valence-corrected chi connectivity index (χ2v) is 5.06. The maximum atomic E-state index is 4.54. The molecule has 0 amide bonds. The number of hydrogen-bond acceptors (Lipinski definition) is 2. The van der Waals surface area contributed by atoms with Gasteiger partial charge in [0.1, 0.15) is 7.05 Å². The largest absolute Gasteiger partial charge is 0.410 e. The van der Waals surface area contributed by atoms with Gasteiger partial charge in [-0.15, -0.1) is 0 Å². The Bertz CT molecular complexity index is 739. The quantitative estimate of drug-likeness (QED) is 0.487. The van der Waals surface area contributed by atoms with Crippen LogP contribution in [0.5, 0.6) is 0 Å². The average Bonchev–Trinajstić information content (AvgIpc) is 2.41. The van der Waals surface area contributed by atoms with E-state index >= 15 is 0 Å². The Hall–Kier alpha value is -2.10. The summed E-state index contributed by atoms with van der Waals surface area (Å²) in [6.07, 6.45) is 6.13. The van der Waals surface area contributed by atoms with E-state index in [1.807, 2.05) is 12.3 Å². The van der Waals surface area contributed by atoms with E-state index in [1.54, 1.807) is 0 Å². The zero-order valence-electron chi connectivity index (χ0n) is 11.5. The summed E-state index contributed by atoms with van der Waals surface area (Å²) in [5.74, 6) is 0. The molecule has 0 fully saturated rings. The third-order valence-corrected chi connectivity index (χ3v) is 3.75. The minimum Gasteiger partial charge on any atom is -0.410 e.